The Morgan fingerprint density at radius 3 is 3.06 bits per heavy atom. The predicted octanol–water partition coefficient (Wildman–Crippen LogP) is 2.02. The Morgan fingerprint density at radius 1 is 1.28 bits per heavy atom. The molecule has 1 aromatic carbocycles. The van der Waals surface area contributed by atoms with E-state index in [1.807, 2.05) is 4.68 Å². The molecular formula is C13H16N4S. The molecule has 0 fully saturated rings. The number of aromatic nitrogens is 3. The first-order chi connectivity index (χ1) is 8.84. The zero-order chi connectivity index (χ0) is 12.4. The summed E-state index contributed by atoms with van der Waals surface area (Å²) in [6.07, 6.45) is 1.93. The number of thioether (sulfide) groups is 1. The molecule has 0 amide bonds. The number of rotatable bonds is 3. The Hall–Kier alpha value is -1.49. The Labute approximate surface area is 111 Å². The van der Waals surface area contributed by atoms with Crippen molar-refractivity contribution in [3.05, 3.63) is 41.2 Å². The maximum atomic E-state index is 4.27. The maximum absolute atomic E-state index is 4.27. The average Bonchev–Trinajstić information content (AvgIpc) is 2.81. The molecule has 2 aromatic rings. The van der Waals surface area contributed by atoms with Crippen LogP contribution in [0.2, 0.25) is 0 Å². The zero-order valence-corrected chi connectivity index (χ0v) is 11.2. The monoisotopic (exact) mass is 260 g/mol. The highest BCUT2D eigenvalue weighted by Gasteiger charge is 2.15. The van der Waals surface area contributed by atoms with Crippen LogP contribution in [-0.2, 0) is 12.8 Å². The summed E-state index contributed by atoms with van der Waals surface area (Å²) in [5, 5.41) is 9.46. The number of benzene rings is 1. The van der Waals surface area contributed by atoms with Crippen molar-refractivity contribution in [2.24, 2.45) is 0 Å². The fraction of sp³-hybridized carbons (Fsp3) is 0.385. The Balaban J connectivity index is 1.74. The van der Waals surface area contributed by atoms with E-state index in [9.17, 15) is 0 Å². The first-order valence-corrected chi connectivity index (χ1v) is 7.18. The molecule has 5 heteroatoms. The third-order valence-electron chi connectivity index (χ3n) is 3.18. The molecule has 1 aliphatic rings. The van der Waals surface area contributed by atoms with E-state index in [1.165, 1.54) is 11.1 Å². The highest BCUT2D eigenvalue weighted by molar-refractivity contribution is 7.99. The summed E-state index contributed by atoms with van der Waals surface area (Å²) in [7, 11) is 0. The number of fused-ring (bicyclic) bond motifs is 1. The fourth-order valence-electron chi connectivity index (χ4n) is 2.15. The van der Waals surface area contributed by atoms with Gasteiger partial charge in [0, 0.05) is 18.7 Å². The van der Waals surface area contributed by atoms with Gasteiger partial charge in [-0.2, -0.15) is 0 Å². The molecule has 94 valence electrons. The Kier molecular flexibility index (Phi) is 3.23. The Morgan fingerprint density at radius 2 is 2.17 bits per heavy atom. The quantitative estimate of drug-likeness (QED) is 0.917. The molecule has 1 aliphatic heterocycles. The van der Waals surface area contributed by atoms with E-state index in [2.05, 4.69) is 46.8 Å². The van der Waals surface area contributed by atoms with Crippen molar-refractivity contribution in [3.8, 4) is 0 Å². The number of hydrogen-bond acceptors (Lipinski definition) is 4. The van der Waals surface area contributed by atoms with Gasteiger partial charge in [-0.05, 0) is 24.5 Å². The summed E-state index contributed by atoms with van der Waals surface area (Å²) in [4.78, 5) is 0. The van der Waals surface area contributed by atoms with E-state index in [0.717, 1.165) is 36.1 Å². The lowest BCUT2D eigenvalue weighted by Gasteiger charge is -2.16. The van der Waals surface area contributed by atoms with Crippen LogP contribution in [0.25, 0.3) is 0 Å². The smallest absolute Gasteiger partial charge is 0.210 e. The van der Waals surface area contributed by atoms with E-state index >= 15 is 0 Å². The normalized spacial score (nSPS) is 14.1. The van der Waals surface area contributed by atoms with E-state index in [-0.39, 0.29) is 0 Å². The number of nitrogens with zero attached hydrogens (tertiary/aromatic N) is 3. The summed E-state index contributed by atoms with van der Waals surface area (Å²) in [5.74, 6) is 2.09. The minimum absolute atomic E-state index is 0.922. The lowest BCUT2D eigenvalue weighted by atomic mass is 10.0. The van der Waals surface area contributed by atoms with E-state index < -0.39 is 0 Å². The van der Waals surface area contributed by atoms with Crippen LogP contribution in [0.3, 0.4) is 0 Å². The molecule has 1 aromatic heterocycles. The third kappa shape index (κ3) is 2.22. The Bertz CT molecular complexity index is 550. The molecule has 2 heterocycles. The minimum Gasteiger partial charge on any atom is -0.321 e. The summed E-state index contributed by atoms with van der Waals surface area (Å²) < 4.78 is 2.03. The lowest BCUT2D eigenvalue weighted by Crippen LogP contribution is -2.25. The fourth-order valence-corrected chi connectivity index (χ4v) is 2.92. The van der Waals surface area contributed by atoms with Crippen LogP contribution in [0.1, 0.15) is 17.0 Å². The van der Waals surface area contributed by atoms with Gasteiger partial charge >= 0.3 is 0 Å². The summed E-state index contributed by atoms with van der Waals surface area (Å²) >= 11 is 1.76. The molecule has 0 atom stereocenters. The molecule has 0 saturated carbocycles. The maximum Gasteiger partial charge on any atom is 0.210 e. The predicted molar refractivity (Wildman–Crippen MR) is 73.6 cm³/mol. The van der Waals surface area contributed by atoms with Gasteiger partial charge in [0.05, 0.1) is 0 Å². The van der Waals surface area contributed by atoms with Crippen LogP contribution in [-0.4, -0.2) is 27.2 Å². The SMILES string of the molecule is Cc1ccccc1CCc1nnc2n1NCCS2. The molecule has 0 unspecified atom stereocenters. The van der Waals surface area contributed by atoms with Gasteiger partial charge in [-0.15, -0.1) is 10.2 Å². The third-order valence-corrected chi connectivity index (χ3v) is 4.11. The van der Waals surface area contributed by atoms with Crippen molar-refractivity contribution < 1.29 is 0 Å². The number of aryl methyl sites for hydroxylation is 3. The van der Waals surface area contributed by atoms with Gasteiger partial charge in [-0.1, -0.05) is 36.0 Å². The number of nitrogens with one attached hydrogen (secondary N) is 1. The minimum atomic E-state index is 0.922. The van der Waals surface area contributed by atoms with Crippen LogP contribution in [0.15, 0.2) is 29.4 Å². The first kappa shape index (κ1) is 11.6. The van der Waals surface area contributed by atoms with Crippen molar-refractivity contribution in [1.82, 2.24) is 14.9 Å². The largest absolute Gasteiger partial charge is 0.321 e. The highest BCUT2D eigenvalue weighted by Crippen LogP contribution is 2.19. The van der Waals surface area contributed by atoms with Gasteiger partial charge in [-0.3, -0.25) is 0 Å². The van der Waals surface area contributed by atoms with Gasteiger partial charge < -0.3 is 5.43 Å². The molecular weight excluding hydrogens is 244 g/mol. The van der Waals surface area contributed by atoms with Crippen LogP contribution in [0.4, 0.5) is 0 Å². The van der Waals surface area contributed by atoms with Gasteiger partial charge in [0.2, 0.25) is 5.16 Å². The topological polar surface area (TPSA) is 42.7 Å². The average molecular weight is 260 g/mol. The molecule has 0 radical (unpaired) electrons. The van der Waals surface area contributed by atoms with Crippen molar-refractivity contribution >= 4 is 11.8 Å². The molecule has 4 nitrogen and oxygen atoms in total. The standard InChI is InChI=1S/C13H16N4S/c1-10-4-2-3-5-11(10)6-7-12-15-16-13-17(12)14-8-9-18-13/h2-5,14H,6-9H2,1H3. The van der Waals surface area contributed by atoms with Crippen molar-refractivity contribution in [1.29, 1.82) is 0 Å². The molecule has 3 rings (SSSR count). The van der Waals surface area contributed by atoms with Gasteiger partial charge in [-0.25, -0.2) is 4.68 Å². The van der Waals surface area contributed by atoms with E-state index in [4.69, 9.17) is 0 Å². The highest BCUT2D eigenvalue weighted by atomic mass is 32.2. The van der Waals surface area contributed by atoms with Crippen molar-refractivity contribution in [2.75, 3.05) is 17.7 Å². The van der Waals surface area contributed by atoms with Crippen LogP contribution in [0.5, 0.6) is 0 Å². The van der Waals surface area contributed by atoms with Crippen molar-refractivity contribution in [3.63, 3.8) is 0 Å². The number of hydrogen-bond donors (Lipinski definition) is 1. The van der Waals surface area contributed by atoms with Gasteiger partial charge in [0.25, 0.3) is 0 Å². The second-order valence-electron chi connectivity index (χ2n) is 4.42. The molecule has 18 heavy (non-hydrogen) atoms. The summed E-state index contributed by atoms with van der Waals surface area (Å²) in [5.41, 5.74) is 6.07. The van der Waals surface area contributed by atoms with Gasteiger partial charge in [0.1, 0.15) is 0 Å². The summed E-state index contributed by atoms with van der Waals surface area (Å²) in [6, 6.07) is 8.51. The molecule has 0 aliphatic carbocycles. The lowest BCUT2D eigenvalue weighted by molar-refractivity contribution is 0.699. The second-order valence-corrected chi connectivity index (χ2v) is 5.48. The molecule has 0 spiro atoms. The molecule has 0 saturated heterocycles. The van der Waals surface area contributed by atoms with Crippen LogP contribution >= 0.6 is 11.8 Å². The molecule has 0 bridgehead atoms. The van der Waals surface area contributed by atoms with Gasteiger partial charge in [0.15, 0.2) is 5.82 Å². The van der Waals surface area contributed by atoms with E-state index in [1.54, 1.807) is 11.8 Å². The van der Waals surface area contributed by atoms with Crippen LogP contribution in [0, 0.1) is 6.92 Å². The van der Waals surface area contributed by atoms with Crippen molar-refractivity contribution in [2.45, 2.75) is 24.9 Å². The van der Waals surface area contributed by atoms with E-state index in [0.29, 0.717) is 0 Å². The zero-order valence-electron chi connectivity index (χ0n) is 10.4. The first-order valence-electron chi connectivity index (χ1n) is 6.20. The summed E-state index contributed by atoms with van der Waals surface area (Å²) in [6.45, 7) is 3.13. The second kappa shape index (κ2) is 5.02. The van der Waals surface area contributed by atoms with Crippen LogP contribution < -0.4 is 5.43 Å². The molecule has 1 N–H and O–H groups in total.